The molecule has 0 spiro atoms. The van der Waals surface area contributed by atoms with E-state index in [2.05, 4.69) is 10.6 Å². The van der Waals surface area contributed by atoms with Crippen LogP contribution in [0.25, 0.3) is 22.3 Å². The summed E-state index contributed by atoms with van der Waals surface area (Å²) in [5, 5.41) is 14.7. The van der Waals surface area contributed by atoms with Gasteiger partial charge in [-0.05, 0) is 61.4 Å². The summed E-state index contributed by atoms with van der Waals surface area (Å²) in [6.45, 7) is 3.66. The Bertz CT molecular complexity index is 1600. The maximum atomic E-state index is 12.2. The minimum Gasteiger partial charge on any atom is -0.492 e. The molecule has 4 aromatic rings. The van der Waals surface area contributed by atoms with E-state index in [0.29, 0.717) is 71.5 Å². The molecule has 0 atom stereocenters. The third kappa shape index (κ3) is 6.60. The van der Waals surface area contributed by atoms with Gasteiger partial charge in [-0.1, -0.05) is 19.1 Å². The molecule has 0 radical (unpaired) electrons. The molecular weight excluding hydrogens is 518 g/mol. The van der Waals surface area contributed by atoms with Crippen molar-refractivity contribution in [1.82, 2.24) is 14.9 Å². The first kappa shape index (κ1) is 27.6. The van der Waals surface area contributed by atoms with Crippen molar-refractivity contribution in [2.75, 3.05) is 36.1 Å². The minimum absolute atomic E-state index is 0.0431. The minimum atomic E-state index is -0.0431. The van der Waals surface area contributed by atoms with Crippen molar-refractivity contribution in [1.29, 1.82) is 5.41 Å². The second-order valence-corrected chi connectivity index (χ2v) is 9.90. The summed E-state index contributed by atoms with van der Waals surface area (Å²) in [7, 11) is 0. The van der Waals surface area contributed by atoms with Crippen LogP contribution in [0.3, 0.4) is 0 Å². The van der Waals surface area contributed by atoms with Crippen LogP contribution in [0.1, 0.15) is 38.2 Å². The smallest absolute Gasteiger partial charge is 0.224 e. The quantitative estimate of drug-likeness (QED) is 0.145. The SMILES string of the molecule is CCCC(=O)Nc1cccc(-c2nc(Nc3ccc(N)c(C=N)c3)c3cc(OCCN4CCCC4=O)ccc3n2)c1. The number of aromatic nitrogens is 2. The molecule has 1 saturated heterocycles. The largest absolute Gasteiger partial charge is 0.492 e. The number of nitrogens with one attached hydrogen (secondary N) is 3. The number of nitrogens with zero attached hydrogens (tertiary/aromatic N) is 3. The van der Waals surface area contributed by atoms with Gasteiger partial charge in [0.25, 0.3) is 0 Å². The molecule has 0 aliphatic carbocycles. The zero-order valence-electron chi connectivity index (χ0n) is 22.9. The topological polar surface area (TPSA) is 146 Å². The van der Waals surface area contributed by atoms with E-state index in [9.17, 15) is 9.59 Å². The number of fused-ring (bicyclic) bond motifs is 1. The fourth-order valence-corrected chi connectivity index (χ4v) is 4.74. The van der Waals surface area contributed by atoms with Crippen molar-refractivity contribution in [2.24, 2.45) is 0 Å². The summed E-state index contributed by atoms with van der Waals surface area (Å²) in [4.78, 5) is 35.6. The van der Waals surface area contributed by atoms with Gasteiger partial charge in [0.1, 0.15) is 18.2 Å². The summed E-state index contributed by atoms with van der Waals surface area (Å²) in [5.74, 6) is 1.79. The van der Waals surface area contributed by atoms with Crippen LogP contribution in [-0.4, -0.2) is 52.6 Å². The van der Waals surface area contributed by atoms with E-state index in [1.807, 2.05) is 60.4 Å². The van der Waals surface area contributed by atoms with Crippen LogP contribution in [0.4, 0.5) is 22.9 Å². The van der Waals surface area contributed by atoms with Crippen molar-refractivity contribution in [3.05, 3.63) is 66.2 Å². The van der Waals surface area contributed by atoms with Gasteiger partial charge >= 0.3 is 0 Å². The number of anilines is 4. The molecule has 1 aliphatic rings. The molecule has 1 aromatic heterocycles. The van der Waals surface area contributed by atoms with Crippen molar-refractivity contribution in [3.63, 3.8) is 0 Å². The Hall–Kier alpha value is -4.99. The number of carbonyl (C=O) groups excluding carboxylic acids is 2. The van der Waals surface area contributed by atoms with E-state index in [-0.39, 0.29) is 11.8 Å². The lowest BCUT2D eigenvalue weighted by Crippen LogP contribution is -2.29. The Labute approximate surface area is 238 Å². The Kier molecular flexibility index (Phi) is 8.38. The molecule has 5 N–H and O–H groups in total. The van der Waals surface area contributed by atoms with Crippen LogP contribution in [-0.2, 0) is 9.59 Å². The molecule has 2 heterocycles. The van der Waals surface area contributed by atoms with Crippen molar-refractivity contribution in [3.8, 4) is 17.1 Å². The number of benzene rings is 3. The Morgan fingerprint density at radius 1 is 1.12 bits per heavy atom. The first-order chi connectivity index (χ1) is 19.9. The molecular formula is C31H33N7O3. The van der Waals surface area contributed by atoms with Gasteiger partial charge in [-0.15, -0.1) is 0 Å². The summed E-state index contributed by atoms with van der Waals surface area (Å²) >= 11 is 0. The highest BCUT2D eigenvalue weighted by atomic mass is 16.5. The Morgan fingerprint density at radius 2 is 2.00 bits per heavy atom. The number of amides is 2. The molecule has 2 amide bonds. The number of nitrogens with two attached hydrogens (primary N) is 1. The van der Waals surface area contributed by atoms with Crippen molar-refractivity contribution >= 4 is 51.8 Å². The van der Waals surface area contributed by atoms with Crippen LogP contribution in [0.2, 0.25) is 0 Å². The highest BCUT2D eigenvalue weighted by Gasteiger charge is 2.19. The van der Waals surface area contributed by atoms with E-state index in [0.717, 1.165) is 30.3 Å². The average molecular weight is 552 g/mol. The van der Waals surface area contributed by atoms with Gasteiger partial charge in [-0.2, -0.15) is 0 Å². The lowest BCUT2D eigenvalue weighted by atomic mass is 10.1. The molecule has 41 heavy (non-hydrogen) atoms. The maximum absolute atomic E-state index is 12.2. The van der Waals surface area contributed by atoms with E-state index in [1.54, 1.807) is 12.1 Å². The monoisotopic (exact) mass is 551 g/mol. The molecule has 3 aromatic carbocycles. The Balaban J connectivity index is 1.48. The van der Waals surface area contributed by atoms with E-state index in [1.165, 1.54) is 6.21 Å². The van der Waals surface area contributed by atoms with Gasteiger partial charge in [0.2, 0.25) is 11.8 Å². The van der Waals surface area contributed by atoms with Gasteiger partial charge in [-0.3, -0.25) is 9.59 Å². The first-order valence-corrected chi connectivity index (χ1v) is 13.7. The van der Waals surface area contributed by atoms with Crippen LogP contribution < -0.4 is 21.1 Å². The van der Waals surface area contributed by atoms with E-state index in [4.69, 9.17) is 25.8 Å². The van der Waals surface area contributed by atoms with Crippen molar-refractivity contribution < 1.29 is 14.3 Å². The number of nitrogen functional groups attached to an aromatic ring is 1. The molecule has 0 unspecified atom stereocenters. The molecule has 5 rings (SSSR count). The maximum Gasteiger partial charge on any atom is 0.224 e. The summed E-state index contributed by atoms with van der Waals surface area (Å²) in [6, 6.07) is 18.4. The van der Waals surface area contributed by atoms with Gasteiger partial charge in [0, 0.05) is 59.2 Å². The normalized spacial score (nSPS) is 12.9. The van der Waals surface area contributed by atoms with Crippen molar-refractivity contribution in [2.45, 2.75) is 32.6 Å². The van der Waals surface area contributed by atoms with Crippen LogP contribution in [0.15, 0.2) is 60.7 Å². The zero-order chi connectivity index (χ0) is 28.8. The molecule has 0 saturated carbocycles. The van der Waals surface area contributed by atoms with Crippen LogP contribution in [0.5, 0.6) is 5.75 Å². The highest BCUT2D eigenvalue weighted by Crippen LogP contribution is 2.31. The number of hydrogen-bond donors (Lipinski definition) is 4. The molecule has 10 nitrogen and oxygen atoms in total. The number of carbonyl (C=O) groups is 2. The number of rotatable bonds is 11. The highest BCUT2D eigenvalue weighted by molar-refractivity contribution is 5.95. The number of hydrogen-bond acceptors (Lipinski definition) is 8. The zero-order valence-corrected chi connectivity index (χ0v) is 22.9. The molecule has 1 fully saturated rings. The second kappa shape index (κ2) is 12.5. The van der Waals surface area contributed by atoms with Crippen LogP contribution >= 0.6 is 0 Å². The average Bonchev–Trinajstić information content (AvgIpc) is 3.38. The second-order valence-electron chi connectivity index (χ2n) is 9.90. The molecule has 0 bridgehead atoms. The molecule has 210 valence electrons. The third-order valence-electron chi connectivity index (χ3n) is 6.86. The molecule has 10 heteroatoms. The van der Waals surface area contributed by atoms with E-state index < -0.39 is 0 Å². The first-order valence-electron chi connectivity index (χ1n) is 13.7. The number of ether oxygens (including phenoxy) is 1. The van der Waals surface area contributed by atoms with Gasteiger partial charge < -0.3 is 31.4 Å². The third-order valence-corrected chi connectivity index (χ3v) is 6.86. The summed E-state index contributed by atoms with van der Waals surface area (Å²) in [6.07, 6.45) is 3.91. The molecule has 1 aliphatic heterocycles. The van der Waals surface area contributed by atoms with Gasteiger partial charge in [0.05, 0.1) is 12.1 Å². The van der Waals surface area contributed by atoms with E-state index >= 15 is 0 Å². The van der Waals surface area contributed by atoms with Gasteiger partial charge in [-0.25, -0.2) is 9.97 Å². The predicted octanol–water partition coefficient (Wildman–Crippen LogP) is 5.36. The fourth-order valence-electron chi connectivity index (χ4n) is 4.74. The van der Waals surface area contributed by atoms with Gasteiger partial charge in [0.15, 0.2) is 5.82 Å². The predicted molar refractivity (Wildman–Crippen MR) is 162 cm³/mol. The lowest BCUT2D eigenvalue weighted by Gasteiger charge is -2.16. The van der Waals surface area contributed by atoms with Crippen LogP contribution in [0, 0.1) is 5.41 Å². The Morgan fingerprint density at radius 3 is 2.78 bits per heavy atom. The fraction of sp³-hybridized carbons (Fsp3) is 0.258. The standard InChI is InChI=1S/C31H33N7O3/c1-2-5-28(39)34-22-7-3-6-20(16-22)30-36-27-12-10-24(41-15-14-38-13-4-8-29(38)40)18-25(27)31(37-30)35-23-9-11-26(33)21(17-23)19-32/h3,6-7,9-12,16-19,32H,2,4-5,8,13-15,33H2,1H3,(H,34,39)(H,35,36,37). The summed E-state index contributed by atoms with van der Waals surface area (Å²) in [5.41, 5.74) is 9.92. The number of likely N-dealkylation sites (tertiary alicyclic amines) is 1. The lowest BCUT2D eigenvalue weighted by molar-refractivity contribution is -0.128. The summed E-state index contributed by atoms with van der Waals surface area (Å²) < 4.78 is 6.01.